The molecule has 0 saturated heterocycles. The molecular formula is C38H36N2O4. The first-order chi connectivity index (χ1) is 21.5. The summed E-state index contributed by atoms with van der Waals surface area (Å²) in [6.07, 6.45) is 0.238. The lowest BCUT2D eigenvalue weighted by molar-refractivity contribution is -0.137. The average Bonchev–Trinajstić information content (AvgIpc) is 3.06. The molecule has 0 aliphatic rings. The molecule has 6 heteroatoms. The average molecular weight is 585 g/mol. The Kier molecular flexibility index (Phi) is 10.1. The lowest BCUT2D eigenvalue weighted by Gasteiger charge is -2.25. The van der Waals surface area contributed by atoms with Crippen molar-refractivity contribution >= 4 is 23.1 Å². The highest BCUT2D eigenvalue weighted by Gasteiger charge is 2.21. The monoisotopic (exact) mass is 584 g/mol. The number of carboxylic acids is 1. The number of aliphatic carboxylic acids is 1. The molecular weight excluding hydrogens is 548 g/mol. The topological polar surface area (TPSA) is 78.9 Å². The number of carbonyl (C=O) groups excluding carboxylic acids is 1. The quantitative estimate of drug-likeness (QED) is 0.132. The Labute approximate surface area is 258 Å². The van der Waals surface area contributed by atoms with E-state index in [4.69, 9.17) is 4.74 Å². The highest BCUT2D eigenvalue weighted by atomic mass is 16.5. The Morgan fingerprint density at radius 3 is 2.05 bits per heavy atom. The van der Waals surface area contributed by atoms with Crippen LogP contribution < -0.4 is 15.0 Å². The van der Waals surface area contributed by atoms with Crippen LogP contribution in [-0.4, -0.2) is 36.1 Å². The first kappa shape index (κ1) is 30.1. The largest absolute Gasteiger partial charge is 0.492 e. The van der Waals surface area contributed by atoms with Gasteiger partial charge in [-0.15, -0.1) is 0 Å². The Morgan fingerprint density at radius 2 is 1.36 bits per heavy atom. The van der Waals surface area contributed by atoms with Gasteiger partial charge in [0, 0.05) is 35.5 Å². The van der Waals surface area contributed by atoms with E-state index in [0.717, 1.165) is 23.5 Å². The van der Waals surface area contributed by atoms with Crippen molar-refractivity contribution in [1.29, 1.82) is 0 Å². The number of aryl methyl sites for hydroxylation is 1. The summed E-state index contributed by atoms with van der Waals surface area (Å²) in [5.74, 6) is -0.443. The molecule has 44 heavy (non-hydrogen) atoms. The van der Waals surface area contributed by atoms with Crippen molar-refractivity contribution in [2.24, 2.45) is 0 Å². The number of benzene rings is 5. The van der Waals surface area contributed by atoms with Gasteiger partial charge in [-0.1, -0.05) is 103 Å². The van der Waals surface area contributed by atoms with Crippen molar-refractivity contribution in [2.75, 3.05) is 23.4 Å². The van der Waals surface area contributed by atoms with E-state index in [1.807, 2.05) is 48.5 Å². The number of anilines is 2. The lowest BCUT2D eigenvalue weighted by Crippen LogP contribution is -2.32. The maximum absolute atomic E-state index is 13.1. The molecule has 6 nitrogen and oxygen atoms in total. The summed E-state index contributed by atoms with van der Waals surface area (Å²) in [5.41, 5.74) is 5.91. The molecule has 5 rings (SSSR count). The molecule has 1 atom stereocenters. The van der Waals surface area contributed by atoms with E-state index < -0.39 is 12.0 Å². The number of nitrogens with one attached hydrogen (secondary N) is 1. The molecule has 0 amide bonds. The summed E-state index contributed by atoms with van der Waals surface area (Å²) in [6.45, 7) is 4.05. The predicted octanol–water partition coefficient (Wildman–Crippen LogP) is 7.42. The summed E-state index contributed by atoms with van der Waals surface area (Å²) < 4.78 is 6.09. The van der Waals surface area contributed by atoms with Crippen LogP contribution >= 0.6 is 0 Å². The molecule has 5 aromatic carbocycles. The molecule has 0 unspecified atom stereocenters. The molecule has 0 aliphatic heterocycles. The second-order valence-electron chi connectivity index (χ2n) is 10.7. The number of carbonyl (C=O) groups is 2. The van der Waals surface area contributed by atoms with Crippen LogP contribution in [0.25, 0.3) is 0 Å². The van der Waals surface area contributed by atoms with Gasteiger partial charge >= 0.3 is 5.97 Å². The number of hydrogen-bond acceptors (Lipinski definition) is 5. The lowest BCUT2D eigenvalue weighted by atomic mass is 10.00. The number of ketones is 1. The van der Waals surface area contributed by atoms with Crippen LogP contribution in [0.5, 0.6) is 5.75 Å². The van der Waals surface area contributed by atoms with Crippen LogP contribution in [0.15, 0.2) is 133 Å². The Morgan fingerprint density at radius 1 is 0.750 bits per heavy atom. The second kappa shape index (κ2) is 14.7. The van der Waals surface area contributed by atoms with Gasteiger partial charge in [0.1, 0.15) is 18.4 Å². The summed E-state index contributed by atoms with van der Waals surface area (Å²) in [6, 6.07) is 41.4. The van der Waals surface area contributed by atoms with Crippen molar-refractivity contribution < 1.29 is 19.4 Å². The number of para-hydroxylation sites is 2. The molecule has 0 spiro atoms. The van der Waals surface area contributed by atoms with Crippen LogP contribution in [0, 0.1) is 6.92 Å². The minimum absolute atomic E-state index is 0.163. The Balaban J connectivity index is 1.20. The van der Waals surface area contributed by atoms with Gasteiger partial charge in [0.25, 0.3) is 0 Å². The van der Waals surface area contributed by atoms with Crippen molar-refractivity contribution in [3.8, 4) is 5.75 Å². The fraction of sp³-hybridized carbons (Fsp3) is 0.158. The molecule has 0 aliphatic carbocycles. The third-order valence-electron chi connectivity index (χ3n) is 7.44. The van der Waals surface area contributed by atoms with E-state index in [1.165, 1.54) is 11.1 Å². The SMILES string of the molecule is Cc1ccc(CN(CCOc2ccc(C[C@H](Nc3ccccc3C(=O)c3ccccc3)C(=O)O)cc2)c2ccccc2)cc1. The predicted molar refractivity (Wildman–Crippen MR) is 176 cm³/mol. The number of carboxylic acid groups (broad SMARTS) is 1. The minimum Gasteiger partial charge on any atom is -0.492 e. The van der Waals surface area contributed by atoms with Gasteiger partial charge in [-0.3, -0.25) is 4.79 Å². The Bertz CT molecular complexity index is 1650. The van der Waals surface area contributed by atoms with Gasteiger partial charge in [-0.05, 0) is 54.4 Å². The van der Waals surface area contributed by atoms with Crippen LogP contribution in [0.2, 0.25) is 0 Å². The fourth-order valence-electron chi connectivity index (χ4n) is 5.02. The molecule has 0 saturated carbocycles. The van der Waals surface area contributed by atoms with Crippen LogP contribution in [-0.2, 0) is 17.8 Å². The van der Waals surface area contributed by atoms with E-state index in [0.29, 0.717) is 30.0 Å². The van der Waals surface area contributed by atoms with Crippen molar-refractivity contribution in [3.63, 3.8) is 0 Å². The van der Waals surface area contributed by atoms with Crippen molar-refractivity contribution in [3.05, 3.63) is 161 Å². The first-order valence-corrected chi connectivity index (χ1v) is 14.7. The standard InChI is InChI=1S/C38H36N2O4/c1-28-16-18-30(19-17-28)27-40(32-12-6-3-7-13-32)24-25-44-33-22-20-29(21-23-33)26-36(38(42)43)39-35-15-9-8-14-34(35)37(41)31-10-4-2-5-11-31/h2-23,36,39H,24-27H2,1H3,(H,42,43)/t36-/m0/s1. The van der Waals surface area contributed by atoms with Gasteiger partial charge < -0.3 is 20.1 Å². The van der Waals surface area contributed by atoms with Gasteiger partial charge in [0.2, 0.25) is 0 Å². The zero-order chi connectivity index (χ0) is 30.7. The molecule has 0 aromatic heterocycles. The molecule has 0 radical (unpaired) electrons. The van der Waals surface area contributed by atoms with Crippen molar-refractivity contribution in [2.45, 2.75) is 25.9 Å². The van der Waals surface area contributed by atoms with Gasteiger partial charge in [0.15, 0.2) is 5.78 Å². The third kappa shape index (κ3) is 8.13. The third-order valence-corrected chi connectivity index (χ3v) is 7.44. The van der Waals surface area contributed by atoms with Crippen LogP contribution in [0.3, 0.4) is 0 Å². The van der Waals surface area contributed by atoms with Gasteiger partial charge in [-0.2, -0.15) is 0 Å². The summed E-state index contributed by atoms with van der Waals surface area (Å²) in [5, 5.41) is 13.1. The summed E-state index contributed by atoms with van der Waals surface area (Å²) >= 11 is 0. The highest BCUT2D eigenvalue weighted by Crippen LogP contribution is 2.22. The van der Waals surface area contributed by atoms with E-state index in [1.54, 1.807) is 48.5 Å². The first-order valence-electron chi connectivity index (χ1n) is 14.7. The molecule has 0 fully saturated rings. The van der Waals surface area contributed by atoms with Crippen molar-refractivity contribution in [1.82, 2.24) is 0 Å². The summed E-state index contributed by atoms with van der Waals surface area (Å²) in [4.78, 5) is 27.6. The minimum atomic E-state index is -0.998. The molecule has 2 N–H and O–H groups in total. The van der Waals surface area contributed by atoms with Crippen LogP contribution in [0.4, 0.5) is 11.4 Å². The smallest absolute Gasteiger partial charge is 0.326 e. The van der Waals surface area contributed by atoms with E-state index in [-0.39, 0.29) is 12.2 Å². The number of hydrogen-bond donors (Lipinski definition) is 2. The summed E-state index contributed by atoms with van der Waals surface area (Å²) in [7, 11) is 0. The fourth-order valence-corrected chi connectivity index (χ4v) is 5.02. The second-order valence-corrected chi connectivity index (χ2v) is 10.7. The van der Waals surface area contributed by atoms with Gasteiger partial charge in [-0.25, -0.2) is 4.79 Å². The number of ether oxygens (including phenoxy) is 1. The number of rotatable bonds is 14. The van der Waals surface area contributed by atoms with E-state index in [2.05, 4.69) is 53.5 Å². The number of nitrogens with zero attached hydrogens (tertiary/aromatic N) is 1. The maximum Gasteiger partial charge on any atom is 0.326 e. The zero-order valence-electron chi connectivity index (χ0n) is 24.7. The van der Waals surface area contributed by atoms with Gasteiger partial charge in [0.05, 0.1) is 6.54 Å². The molecule has 222 valence electrons. The highest BCUT2D eigenvalue weighted by molar-refractivity contribution is 6.12. The molecule has 0 heterocycles. The van der Waals surface area contributed by atoms with E-state index in [9.17, 15) is 14.7 Å². The normalized spacial score (nSPS) is 11.4. The zero-order valence-corrected chi connectivity index (χ0v) is 24.7. The maximum atomic E-state index is 13.1. The Hall–Kier alpha value is -5.36. The molecule has 0 bridgehead atoms. The molecule has 5 aromatic rings. The van der Waals surface area contributed by atoms with E-state index >= 15 is 0 Å². The van der Waals surface area contributed by atoms with Crippen LogP contribution in [0.1, 0.15) is 32.6 Å².